The smallest absolute Gasteiger partial charge is 0.00516 e. The van der Waals surface area contributed by atoms with Crippen LogP contribution in [0.25, 0.3) is 0 Å². The molecule has 0 aromatic carbocycles. The van der Waals surface area contributed by atoms with Crippen LogP contribution in [0.2, 0.25) is 0 Å². The van der Waals surface area contributed by atoms with Gasteiger partial charge in [-0.2, -0.15) is 0 Å². The highest BCUT2D eigenvalue weighted by atomic mass is 14.5. The van der Waals surface area contributed by atoms with Crippen molar-refractivity contribution < 1.29 is 0 Å². The normalized spacial score (nSPS) is 27.8. The molecule has 1 saturated carbocycles. The van der Waals surface area contributed by atoms with Gasteiger partial charge in [0.1, 0.15) is 0 Å². The van der Waals surface area contributed by atoms with E-state index in [1.54, 1.807) is 0 Å². The predicted octanol–water partition coefficient (Wildman–Crippen LogP) is 4.21. The summed E-state index contributed by atoms with van der Waals surface area (Å²) in [5.74, 6) is 2.80. The molecule has 0 aromatic rings. The first-order valence-corrected chi connectivity index (χ1v) is 6.83. The molecule has 1 aliphatic carbocycles. The summed E-state index contributed by atoms with van der Waals surface area (Å²) in [6.07, 6.45) is 8.58. The van der Waals surface area contributed by atoms with E-state index in [0.717, 1.165) is 18.4 Å². The average Bonchev–Trinajstić information content (AvgIpc) is 2.30. The summed E-state index contributed by atoms with van der Waals surface area (Å²) < 4.78 is 0. The largest absolute Gasteiger partial charge is 0.330 e. The van der Waals surface area contributed by atoms with Crippen LogP contribution in [-0.2, 0) is 0 Å². The molecule has 0 saturated heterocycles. The molecule has 92 valence electrons. The van der Waals surface area contributed by atoms with Crippen molar-refractivity contribution in [1.82, 2.24) is 0 Å². The summed E-state index contributed by atoms with van der Waals surface area (Å²) >= 11 is 0. The lowest BCUT2D eigenvalue weighted by Gasteiger charge is -2.24. The van der Waals surface area contributed by atoms with Gasteiger partial charge in [-0.15, -0.1) is 0 Å². The fourth-order valence-electron chi connectivity index (χ4n) is 1.90. The SMILES string of the molecule is CCC(C)CN.CCC1CCC(C)CC1. The minimum Gasteiger partial charge on any atom is -0.330 e. The highest BCUT2D eigenvalue weighted by molar-refractivity contribution is 4.68. The predicted molar refractivity (Wildman–Crippen MR) is 69.9 cm³/mol. The molecule has 1 nitrogen and oxygen atoms in total. The third kappa shape index (κ3) is 7.84. The van der Waals surface area contributed by atoms with E-state index >= 15 is 0 Å². The molecule has 0 heterocycles. The molecule has 0 bridgehead atoms. The molecule has 1 atom stereocenters. The van der Waals surface area contributed by atoms with Gasteiger partial charge < -0.3 is 5.73 Å². The fourth-order valence-corrected chi connectivity index (χ4v) is 1.90. The maximum Gasteiger partial charge on any atom is -0.00516 e. The Morgan fingerprint density at radius 1 is 1.13 bits per heavy atom. The third-order valence-corrected chi connectivity index (χ3v) is 3.81. The second-order valence-corrected chi connectivity index (χ2v) is 5.28. The Morgan fingerprint density at radius 2 is 1.67 bits per heavy atom. The maximum atomic E-state index is 5.28. The Morgan fingerprint density at radius 3 is 1.93 bits per heavy atom. The van der Waals surface area contributed by atoms with Gasteiger partial charge in [-0.3, -0.25) is 0 Å². The first-order chi connectivity index (χ1) is 7.13. The quantitative estimate of drug-likeness (QED) is 0.746. The summed E-state index contributed by atoms with van der Waals surface area (Å²) in [7, 11) is 0. The number of nitrogens with two attached hydrogens (primary N) is 1. The number of rotatable bonds is 3. The van der Waals surface area contributed by atoms with Crippen molar-refractivity contribution in [1.29, 1.82) is 0 Å². The standard InChI is InChI=1S/C9H18.C5H13N/c1-3-9-6-4-8(2)5-7-9;1-3-5(2)4-6/h8-9H,3-7H2,1-2H3;5H,3-4,6H2,1-2H3. The Bertz CT molecular complexity index is 121. The molecule has 0 radical (unpaired) electrons. The lowest BCUT2D eigenvalue weighted by atomic mass is 9.82. The molecular formula is C14H31N. The fraction of sp³-hybridized carbons (Fsp3) is 1.00. The van der Waals surface area contributed by atoms with E-state index < -0.39 is 0 Å². The van der Waals surface area contributed by atoms with Gasteiger partial charge >= 0.3 is 0 Å². The van der Waals surface area contributed by atoms with E-state index in [-0.39, 0.29) is 0 Å². The Kier molecular flexibility index (Phi) is 9.18. The minimum atomic E-state index is 0.713. The Hall–Kier alpha value is -0.0400. The number of hydrogen-bond donors (Lipinski definition) is 1. The second-order valence-electron chi connectivity index (χ2n) is 5.28. The molecule has 1 heteroatoms. The van der Waals surface area contributed by atoms with E-state index in [4.69, 9.17) is 5.73 Å². The van der Waals surface area contributed by atoms with Crippen LogP contribution in [-0.4, -0.2) is 6.54 Å². The van der Waals surface area contributed by atoms with Gasteiger partial charge in [0, 0.05) is 0 Å². The van der Waals surface area contributed by atoms with Crippen LogP contribution in [0, 0.1) is 17.8 Å². The topological polar surface area (TPSA) is 26.0 Å². The van der Waals surface area contributed by atoms with Crippen molar-refractivity contribution in [2.45, 2.75) is 66.2 Å². The molecule has 15 heavy (non-hydrogen) atoms. The summed E-state index contributed by atoms with van der Waals surface area (Å²) in [6.45, 7) is 9.83. The first kappa shape index (κ1) is 15.0. The molecule has 1 unspecified atom stereocenters. The lowest BCUT2D eigenvalue weighted by molar-refractivity contribution is 0.284. The van der Waals surface area contributed by atoms with Crippen molar-refractivity contribution >= 4 is 0 Å². The molecule has 1 aliphatic rings. The highest BCUT2D eigenvalue weighted by Crippen LogP contribution is 2.29. The van der Waals surface area contributed by atoms with Crippen molar-refractivity contribution in [3.8, 4) is 0 Å². The van der Waals surface area contributed by atoms with Crippen LogP contribution in [0.15, 0.2) is 0 Å². The van der Waals surface area contributed by atoms with E-state index in [1.165, 1.54) is 38.5 Å². The number of hydrogen-bond acceptors (Lipinski definition) is 1. The van der Waals surface area contributed by atoms with Crippen LogP contribution in [0.4, 0.5) is 0 Å². The van der Waals surface area contributed by atoms with Crippen molar-refractivity contribution in [3.05, 3.63) is 0 Å². The van der Waals surface area contributed by atoms with Crippen LogP contribution in [0.1, 0.15) is 66.2 Å². The van der Waals surface area contributed by atoms with E-state index in [1.807, 2.05) is 0 Å². The summed E-state index contributed by atoms with van der Waals surface area (Å²) in [5.41, 5.74) is 5.28. The van der Waals surface area contributed by atoms with E-state index in [0.29, 0.717) is 5.92 Å². The Labute approximate surface area is 96.8 Å². The van der Waals surface area contributed by atoms with Crippen LogP contribution < -0.4 is 5.73 Å². The van der Waals surface area contributed by atoms with Crippen molar-refractivity contribution in [2.24, 2.45) is 23.5 Å². The maximum absolute atomic E-state index is 5.28. The van der Waals surface area contributed by atoms with Crippen LogP contribution in [0.5, 0.6) is 0 Å². The van der Waals surface area contributed by atoms with Gasteiger partial charge in [0.05, 0.1) is 0 Å². The molecule has 2 N–H and O–H groups in total. The minimum absolute atomic E-state index is 0.713. The van der Waals surface area contributed by atoms with Crippen molar-refractivity contribution in [2.75, 3.05) is 6.54 Å². The highest BCUT2D eigenvalue weighted by Gasteiger charge is 2.15. The molecule has 1 fully saturated rings. The van der Waals surface area contributed by atoms with Gasteiger partial charge in [0.2, 0.25) is 0 Å². The monoisotopic (exact) mass is 213 g/mol. The Balaban J connectivity index is 0.000000288. The zero-order valence-electron chi connectivity index (χ0n) is 11.3. The average molecular weight is 213 g/mol. The zero-order chi connectivity index (χ0) is 11.7. The van der Waals surface area contributed by atoms with Crippen LogP contribution >= 0.6 is 0 Å². The van der Waals surface area contributed by atoms with Crippen molar-refractivity contribution in [3.63, 3.8) is 0 Å². The summed E-state index contributed by atoms with van der Waals surface area (Å²) in [4.78, 5) is 0. The van der Waals surface area contributed by atoms with E-state index in [2.05, 4.69) is 27.7 Å². The second kappa shape index (κ2) is 9.21. The third-order valence-electron chi connectivity index (χ3n) is 3.81. The van der Waals surface area contributed by atoms with Crippen LogP contribution in [0.3, 0.4) is 0 Å². The van der Waals surface area contributed by atoms with Gasteiger partial charge in [0.15, 0.2) is 0 Å². The molecule has 0 aliphatic heterocycles. The summed E-state index contributed by atoms with van der Waals surface area (Å²) in [5, 5.41) is 0. The van der Waals surface area contributed by atoms with E-state index in [9.17, 15) is 0 Å². The van der Waals surface area contributed by atoms with Gasteiger partial charge in [-0.25, -0.2) is 0 Å². The summed E-state index contributed by atoms with van der Waals surface area (Å²) in [6, 6.07) is 0. The molecular weight excluding hydrogens is 182 g/mol. The molecule has 1 rings (SSSR count). The lowest BCUT2D eigenvalue weighted by Crippen LogP contribution is -2.10. The van der Waals surface area contributed by atoms with Gasteiger partial charge in [-0.05, 0) is 24.3 Å². The first-order valence-electron chi connectivity index (χ1n) is 6.83. The van der Waals surface area contributed by atoms with Gasteiger partial charge in [-0.1, -0.05) is 66.2 Å². The molecule has 0 amide bonds. The van der Waals surface area contributed by atoms with Gasteiger partial charge in [0.25, 0.3) is 0 Å². The zero-order valence-corrected chi connectivity index (χ0v) is 11.3. The molecule has 0 aromatic heterocycles. The molecule has 0 spiro atoms.